The Labute approximate surface area is 133 Å². The number of rotatable bonds is 6. The zero-order chi connectivity index (χ0) is 14.5. The van der Waals surface area contributed by atoms with E-state index in [4.69, 9.17) is 5.73 Å². The molecule has 1 heterocycles. The highest BCUT2D eigenvalue weighted by molar-refractivity contribution is 9.10. The second kappa shape index (κ2) is 7.20. The van der Waals surface area contributed by atoms with E-state index >= 15 is 0 Å². The quantitative estimate of drug-likeness (QED) is 0.858. The largest absolute Gasteiger partial charge is 0.368 e. The summed E-state index contributed by atoms with van der Waals surface area (Å²) in [5, 5.41) is 2.09. The van der Waals surface area contributed by atoms with Crippen LogP contribution in [0.2, 0.25) is 0 Å². The molecule has 0 aliphatic carbocycles. The van der Waals surface area contributed by atoms with E-state index in [1.54, 1.807) is 11.3 Å². The Morgan fingerprint density at radius 2 is 2.25 bits per heavy atom. The third kappa shape index (κ3) is 4.04. The molecule has 0 fully saturated rings. The molecule has 0 radical (unpaired) electrons. The van der Waals surface area contributed by atoms with Gasteiger partial charge >= 0.3 is 0 Å². The Kier molecular flexibility index (Phi) is 5.57. The molecule has 1 aromatic carbocycles. The van der Waals surface area contributed by atoms with Crippen LogP contribution >= 0.6 is 27.3 Å². The highest BCUT2D eigenvalue weighted by atomic mass is 79.9. The van der Waals surface area contributed by atoms with Gasteiger partial charge in [-0.2, -0.15) is 0 Å². The molecule has 1 unspecified atom stereocenters. The molecule has 2 rings (SSSR count). The van der Waals surface area contributed by atoms with E-state index in [2.05, 4.69) is 63.4 Å². The van der Waals surface area contributed by atoms with Crippen molar-refractivity contribution in [3.05, 3.63) is 44.8 Å². The Bertz CT molecular complexity index is 542. The minimum Gasteiger partial charge on any atom is -0.368 e. The first kappa shape index (κ1) is 15.5. The summed E-state index contributed by atoms with van der Waals surface area (Å²) in [4.78, 5) is 6.59. The first-order chi connectivity index (χ1) is 9.60. The molecule has 1 aromatic heterocycles. The summed E-state index contributed by atoms with van der Waals surface area (Å²) in [6, 6.07) is 6.61. The molecule has 2 N–H and O–H groups in total. The van der Waals surface area contributed by atoms with Crippen LogP contribution < -0.4 is 10.6 Å². The van der Waals surface area contributed by atoms with E-state index in [-0.39, 0.29) is 6.04 Å². The van der Waals surface area contributed by atoms with Crippen LogP contribution in [0.4, 0.5) is 5.69 Å². The molecule has 0 saturated heterocycles. The van der Waals surface area contributed by atoms with Gasteiger partial charge in [-0.25, -0.2) is 4.98 Å². The van der Waals surface area contributed by atoms with Gasteiger partial charge in [0.1, 0.15) is 0 Å². The fraction of sp³-hybridized carbons (Fsp3) is 0.400. The highest BCUT2D eigenvalue weighted by Crippen LogP contribution is 2.27. The molecule has 5 heteroatoms. The molecule has 2 aromatic rings. The van der Waals surface area contributed by atoms with Gasteiger partial charge in [0.25, 0.3) is 0 Å². The zero-order valence-electron chi connectivity index (χ0n) is 11.8. The minimum atomic E-state index is 0.211. The van der Waals surface area contributed by atoms with Gasteiger partial charge in [-0.1, -0.05) is 28.9 Å². The first-order valence-corrected chi connectivity index (χ1v) is 8.46. The van der Waals surface area contributed by atoms with Crippen molar-refractivity contribution in [2.24, 2.45) is 5.73 Å². The Hall–Kier alpha value is -0.910. The molecule has 0 aliphatic rings. The second-order valence-electron chi connectivity index (χ2n) is 4.98. The summed E-state index contributed by atoms with van der Waals surface area (Å²) in [7, 11) is 2.10. The van der Waals surface area contributed by atoms with Gasteiger partial charge in [0.2, 0.25) is 0 Å². The van der Waals surface area contributed by atoms with E-state index in [1.807, 2.05) is 5.51 Å². The molecule has 0 bridgehead atoms. The van der Waals surface area contributed by atoms with Crippen molar-refractivity contribution in [3.8, 4) is 0 Å². The third-order valence-corrected chi connectivity index (χ3v) is 4.48. The van der Waals surface area contributed by atoms with Gasteiger partial charge in [0, 0.05) is 28.6 Å². The molecule has 3 nitrogen and oxygen atoms in total. The van der Waals surface area contributed by atoms with Gasteiger partial charge in [-0.15, -0.1) is 11.3 Å². The number of halogens is 1. The molecular formula is C15H20BrN3S. The number of nitrogens with two attached hydrogens (primary N) is 1. The van der Waals surface area contributed by atoms with Gasteiger partial charge in [0.15, 0.2) is 0 Å². The number of hydrogen-bond donors (Lipinski definition) is 1. The summed E-state index contributed by atoms with van der Waals surface area (Å²) in [5.74, 6) is 0. The van der Waals surface area contributed by atoms with Crippen LogP contribution in [-0.4, -0.2) is 18.1 Å². The lowest BCUT2D eigenvalue weighted by Gasteiger charge is -2.23. The van der Waals surface area contributed by atoms with Gasteiger partial charge in [-0.05, 0) is 30.5 Å². The average molecular weight is 354 g/mol. The van der Waals surface area contributed by atoms with E-state index < -0.39 is 0 Å². The number of nitrogens with zero attached hydrogens (tertiary/aromatic N) is 2. The van der Waals surface area contributed by atoms with E-state index in [9.17, 15) is 0 Å². The van der Waals surface area contributed by atoms with E-state index in [0.29, 0.717) is 0 Å². The fourth-order valence-electron chi connectivity index (χ4n) is 2.14. The van der Waals surface area contributed by atoms with Crippen LogP contribution in [0.15, 0.2) is 33.6 Å². The van der Waals surface area contributed by atoms with Crippen molar-refractivity contribution in [2.75, 3.05) is 11.9 Å². The summed E-state index contributed by atoms with van der Waals surface area (Å²) >= 11 is 5.19. The molecule has 0 amide bonds. The number of thiazole rings is 1. The molecule has 0 aliphatic heterocycles. The molecule has 1 atom stereocenters. The number of anilines is 1. The number of aromatic nitrogens is 1. The lowest BCUT2D eigenvalue weighted by atomic mass is 10.0. The van der Waals surface area contributed by atoms with Crippen molar-refractivity contribution in [3.63, 3.8) is 0 Å². The average Bonchev–Trinajstić information content (AvgIpc) is 2.93. The third-order valence-electron chi connectivity index (χ3n) is 3.35. The predicted octanol–water partition coefficient (Wildman–Crippen LogP) is 3.82. The maximum Gasteiger partial charge on any atom is 0.0795 e. The predicted molar refractivity (Wildman–Crippen MR) is 90.3 cm³/mol. The second-order valence-corrected chi connectivity index (χ2v) is 6.62. The smallest absolute Gasteiger partial charge is 0.0795 e. The number of benzene rings is 1. The minimum absolute atomic E-state index is 0.211. The van der Waals surface area contributed by atoms with Crippen LogP contribution in [0.25, 0.3) is 0 Å². The normalized spacial score (nSPS) is 12.4. The SMILES string of the molecule is CCC(N)Cc1ccc(Br)cc1N(C)Cc1cscn1. The van der Waals surface area contributed by atoms with Crippen LogP contribution in [0.3, 0.4) is 0 Å². The number of hydrogen-bond acceptors (Lipinski definition) is 4. The van der Waals surface area contributed by atoms with E-state index in [1.165, 1.54) is 11.3 Å². The topological polar surface area (TPSA) is 42.1 Å². The lowest BCUT2D eigenvalue weighted by molar-refractivity contribution is 0.645. The summed E-state index contributed by atoms with van der Waals surface area (Å²) < 4.78 is 1.09. The van der Waals surface area contributed by atoms with Crippen molar-refractivity contribution in [1.29, 1.82) is 0 Å². The zero-order valence-corrected chi connectivity index (χ0v) is 14.2. The van der Waals surface area contributed by atoms with Crippen molar-refractivity contribution in [2.45, 2.75) is 32.4 Å². The lowest BCUT2D eigenvalue weighted by Crippen LogP contribution is -2.24. The highest BCUT2D eigenvalue weighted by Gasteiger charge is 2.12. The maximum absolute atomic E-state index is 6.11. The van der Waals surface area contributed by atoms with Gasteiger partial charge < -0.3 is 10.6 Å². The molecule has 0 saturated carbocycles. The standard InChI is InChI=1S/C15H20BrN3S/c1-3-13(17)6-11-4-5-12(16)7-15(11)19(2)8-14-9-20-10-18-14/h4-5,7,9-10,13H,3,6,8,17H2,1-2H3. The maximum atomic E-state index is 6.11. The van der Waals surface area contributed by atoms with Crippen molar-refractivity contribution < 1.29 is 0 Å². The van der Waals surface area contributed by atoms with Crippen molar-refractivity contribution >= 4 is 33.0 Å². The monoisotopic (exact) mass is 353 g/mol. The van der Waals surface area contributed by atoms with E-state index in [0.717, 1.165) is 29.6 Å². The fourth-order valence-corrected chi connectivity index (χ4v) is 3.03. The summed E-state index contributed by atoms with van der Waals surface area (Å²) in [6.45, 7) is 2.94. The van der Waals surface area contributed by atoms with Crippen LogP contribution in [0.5, 0.6) is 0 Å². The van der Waals surface area contributed by atoms with Gasteiger partial charge in [-0.3, -0.25) is 0 Å². The molecule has 108 valence electrons. The Morgan fingerprint density at radius 1 is 1.45 bits per heavy atom. The summed E-state index contributed by atoms with van der Waals surface area (Å²) in [6.07, 6.45) is 1.89. The van der Waals surface area contributed by atoms with Crippen LogP contribution in [0, 0.1) is 0 Å². The van der Waals surface area contributed by atoms with Gasteiger partial charge in [0.05, 0.1) is 17.7 Å². The molecule has 0 spiro atoms. The molecule has 20 heavy (non-hydrogen) atoms. The van der Waals surface area contributed by atoms with Crippen LogP contribution in [0.1, 0.15) is 24.6 Å². The van der Waals surface area contributed by atoms with Crippen molar-refractivity contribution in [1.82, 2.24) is 4.98 Å². The molecular weight excluding hydrogens is 334 g/mol. The van der Waals surface area contributed by atoms with Crippen LogP contribution in [-0.2, 0) is 13.0 Å². The Balaban J connectivity index is 2.21. The first-order valence-electron chi connectivity index (χ1n) is 6.72. The Morgan fingerprint density at radius 3 is 2.90 bits per heavy atom. The summed E-state index contributed by atoms with van der Waals surface area (Å²) in [5.41, 5.74) is 11.6.